The number of aliphatic hydroxyl groups is 1. The van der Waals surface area contributed by atoms with Gasteiger partial charge in [0.05, 0.1) is 18.3 Å². The van der Waals surface area contributed by atoms with E-state index >= 15 is 0 Å². The maximum absolute atomic E-state index is 12.3. The van der Waals surface area contributed by atoms with Crippen molar-refractivity contribution in [2.24, 2.45) is 0 Å². The van der Waals surface area contributed by atoms with Crippen LogP contribution in [0, 0.1) is 0 Å². The van der Waals surface area contributed by atoms with Crippen LogP contribution >= 0.6 is 0 Å². The van der Waals surface area contributed by atoms with Crippen molar-refractivity contribution in [3.05, 3.63) is 23.8 Å². The Hall–Kier alpha value is -1.75. The van der Waals surface area contributed by atoms with E-state index in [0.717, 1.165) is 11.3 Å². The molecule has 104 valence electrons. The first-order valence-corrected chi connectivity index (χ1v) is 6.33. The van der Waals surface area contributed by atoms with Gasteiger partial charge in [0, 0.05) is 5.69 Å². The molecule has 5 nitrogen and oxygen atoms in total. The monoisotopic (exact) mass is 264 g/mol. The highest BCUT2D eigenvalue weighted by molar-refractivity contribution is 5.92. The number of ether oxygens (including phenoxy) is 1. The SMILES string of the molecule is CC(C)(C)OC(=O)N1c2cc(N)ccc2CC1CO. The van der Waals surface area contributed by atoms with E-state index in [0.29, 0.717) is 12.1 Å². The van der Waals surface area contributed by atoms with Crippen LogP contribution in [-0.2, 0) is 11.2 Å². The summed E-state index contributed by atoms with van der Waals surface area (Å²) in [6.07, 6.45) is 0.168. The van der Waals surface area contributed by atoms with Gasteiger partial charge >= 0.3 is 6.09 Å². The molecule has 2 rings (SSSR count). The Morgan fingerprint density at radius 1 is 1.53 bits per heavy atom. The molecule has 3 N–H and O–H groups in total. The highest BCUT2D eigenvalue weighted by Crippen LogP contribution is 2.34. The maximum Gasteiger partial charge on any atom is 0.415 e. The smallest absolute Gasteiger partial charge is 0.415 e. The Morgan fingerprint density at radius 3 is 2.79 bits per heavy atom. The molecule has 0 fully saturated rings. The lowest BCUT2D eigenvalue weighted by Crippen LogP contribution is -2.43. The third-order valence-corrected chi connectivity index (χ3v) is 2.99. The van der Waals surface area contributed by atoms with E-state index in [9.17, 15) is 9.90 Å². The van der Waals surface area contributed by atoms with Crippen LogP contribution in [0.2, 0.25) is 0 Å². The van der Waals surface area contributed by atoms with Gasteiger partial charge in [0.2, 0.25) is 0 Å². The number of hydrogen-bond donors (Lipinski definition) is 2. The summed E-state index contributed by atoms with van der Waals surface area (Å²) in [7, 11) is 0. The van der Waals surface area contributed by atoms with Gasteiger partial charge < -0.3 is 15.6 Å². The highest BCUT2D eigenvalue weighted by atomic mass is 16.6. The van der Waals surface area contributed by atoms with Gasteiger partial charge in [-0.15, -0.1) is 0 Å². The minimum absolute atomic E-state index is 0.103. The summed E-state index contributed by atoms with van der Waals surface area (Å²) in [4.78, 5) is 13.8. The highest BCUT2D eigenvalue weighted by Gasteiger charge is 2.36. The second-order valence-corrected chi connectivity index (χ2v) is 5.78. The topological polar surface area (TPSA) is 75.8 Å². The molecule has 0 saturated carbocycles. The van der Waals surface area contributed by atoms with Gasteiger partial charge in [0.15, 0.2) is 0 Å². The van der Waals surface area contributed by atoms with Gasteiger partial charge in [-0.2, -0.15) is 0 Å². The Balaban J connectivity index is 2.32. The average molecular weight is 264 g/mol. The molecule has 5 heteroatoms. The summed E-state index contributed by atoms with van der Waals surface area (Å²) < 4.78 is 5.39. The van der Waals surface area contributed by atoms with E-state index in [2.05, 4.69) is 0 Å². The summed E-state index contributed by atoms with van der Waals surface area (Å²) in [5.41, 5.74) is 7.51. The van der Waals surface area contributed by atoms with Crippen molar-refractivity contribution in [2.45, 2.75) is 38.8 Å². The molecule has 0 aliphatic carbocycles. The lowest BCUT2D eigenvalue weighted by atomic mass is 10.1. The maximum atomic E-state index is 12.3. The third kappa shape index (κ3) is 2.81. The fraction of sp³-hybridized carbons (Fsp3) is 0.500. The van der Waals surface area contributed by atoms with E-state index in [4.69, 9.17) is 10.5 Å². The van der Waals surface area contributed by atoms with Gasteiger partial charge in [-0.05, 0) is 44.9 Å². The molecule has 1 aromatic rings. The normalized spacial score (nSPS) is 18.3. The van der Waals surface area contributed by atoms with Crippen molar-refractivity contribution in [3.63, 3.8) is 0 Å². The van der Waals surface area contributed by atoms with Crippen LogP contribution in [0.1, 0.15) is 26.3 Å². The number of nitrogen functional groups attached to an aromatic ring is 1. The number of amides is 1. The lowest BCUT2D eigenvalue weighted by Gasteiger charge is -2.28. The van der Waals surface area contributed by atoms with E-state index in [1.165, 1.54) is 4.90 Å². The fourth-order valence-corrected chi connectivity index (χ4v) is 2.22. The number of anilines is 2. The zero-order chi connectivity index (χ0) is 14.2. The largest absolute Gasteiger partial charge is 0.443 e. The van der Waals surface area contributed by atoms with Crippen LogP contribution < -0.4 is 10.6 Å². The summed E-state index contributed by atoms with van der Waals surface area (Å²) in [6, 6.07) is 5.14. The van der Waals surface area contributed by atoms with E-state index in [1.54, 1.807) is 12.1 Å². The average Bonchev–Trinajstić information content (AvgIpc) is 2.64. The first-order chi connectivity index (χ1) is 8.81. The van der Waals surface area contributed by atoms with E-state index < -0.39 is 11.7 Å². The molecule has 1 atom stereocenters. The van der Waals surface area contributed by atoms with Crippen molar-refractivity contribution >= 4 is 17.5 Å². The molecule has 0 bridgehead atoms. The van der Waals surface area contributed by atoms with E-state index in [1.807, 2.05) is 26.8 Å². The standard InChI is InChI=1S/C14H20N2O3/c1-14(2,3)19-13(18)16-11(8-17)6-9-4-5-10(15)7-12(9)16/h4-5,7,11,17H,6,8,15H2,1-3H3. The Morgan fingerprint density at radius 2 is 2.21 bits per heavy atom. The molecular weight excluding hydrogens is 244 g/mol. The molecule has 1 aromatic carbocycles. The first kappa shape index (κ1) is 13.7. The summed E-state index contributed by atoms with van der Waals surface area (Å²) in [5, 5.41) is 9.44. The van der Waals surface area contributed by atoms with Crippen LogP contribution in [0.25, 0.3) is 0 Å². The number of carbonyl (C=O) groups is 1. The minimum atomic E-state index is -0.569. The van der Waals surface area contributed by atoms with Crippen LogP contribution in [0.3, 0.4) is 0 Å². The predicted octanol–water partition coefficient (Wildman–Crippen LogP) is 1.93. The molecule has 0 spiro atoms. The molecule has 1 aliphatic heterocycles. The number of aliphatic hydroxyl groups excluding tert-OH is 1. The lowest BCUT2D eigenvalue weighted by molar-refractivity contribution is 0.0557. The van der Waals surface area contributed by atoms with Gasteiger partial charge in [-0.25, -0.2) is 4.79 Å². The molecule has 1 heterocycles. The second-order valence-electron chi connectivity index (χ2n) is 5.78. The number of benzene rings is 1. The van der Waals surface area contributed by atoms with Gasteiger partial charge in [0.1, 0.15) is 5.60 Å². The molecule has 1 unspecified atom stereocenters. The first-order valence-electron chi connectivity index (χ1n) is 6.33. The zero-order valence-corrected chi connectivity index (χ0v) is 11.5. The minimum Gasteiger partial charge on any atom is -0.443 e. The predicted molar refractivity (Wildman–Crippen MR) is 74.1 cm³/mol. The summed E-state index contributed by atoms with van der Waals surface area (Å²) in [6.45, 7) is 5.34. The Labute approximate surface area is 113 Å². The fourth-order valence-electron chi connectivity index (χ4n) is 2.22. The number of nitrogens with two attached hydrogens (primary N) is 1. The van der Waals surface area contributed by atoms with Gasteiger partial charge in [0.25, 0.3) is 0 Å². The molecule has 1 aliphatic rings. The molecular formula is C14H20N2O3. The van der Waals surface area contributed by atoms with Gasteiger partial charge in [-0.1, -0.05) is 6.07 Å². The molecule has 0 radical (unpaired) electrons. The van der Waals surface area contributed by atoms with Crippen molar-refractivity contribution in [3.8, 4) is 0 Å². The Kier molecular flexibility index (Phi) is 3.41. The molecule has 0 aromatic heterocycles. The number of carbonyl (C=O) groups excluding carboxylic acids is 1. The zero-order valence-electron chi connectivity index (χ0n) is 11.5. The van der Waals surface area contributed by atoms with Crippen molar-refractivity contribution in [1.29, 1.82) is 0 Å². The van der Waals surface area contributed by atoms with Crippen molar-refractivity contribution in [1.82, 2.24) is 0 Å². The molecule has 1 amide bonds. The number of nitrogens with zero attached hydrogens (tertiary/aromatic N) is 1. The molecule has 0 saturated heterocycles. The number of hydrogen-bond acceptors (Lipinski definition) is 4. The van der Waals surface area contributed by atoms with Crippen LogP contribution in [0.4, 0.5) is 16.2 Å². The van der Waals surface area contributed by atoms with Crippen LogP contribution in [0.5, 0.6) is 0 Å². The summed E-state index contributed by atoms with van der Waals surface area (Å²) >= 11 is 0. The quantitative estimate of drug-likeness (QED) is 0.760. The Bertz CT molecular complexity index is 494. The van der Waals surface area contributed by atoms with Gasteiger partial charge in [-0.3, -0.25) is 4.90 Å². The third-order valence-electron chi connectivity index (χ3n) is 2.99. The number of fused-ring (bicyclic) bond motifs is 1. The van der Waals surface area contributed by atoms with E-state index in [-0.39, 0.29) is 12.6 Å². The second kappa shape index (κ2) is 4.74. The molecule has 19 heavy (non-hydrogen) atoms. The van der Waals surface area contributed by atoms with Crippen molar-refractivity contribution in [2.75, 3.05) is 17.2 Å². The van der Waals surface area contributed by atoms with Crippen LogP contribution in [-0.4, -0.2) is 29.4 Å². The number of rotatable bonds is 1. The summed E-state index contributed by atoms with van der Waals surface area (Å²) in [5.74, 6) is 0. The van der Waals surface area contributed by atoms with Crippen molar-refractivity contribution < 1.29 is 14.6 Å². The van der Waals surface area contributed by atoms with Crippen LogP contribution in [0.15, 0.2) is 18.2 Å².